The summed E-state index contributed by atoms with van der Waals surface area (Å²) in [6.45, 7) is 0.592. The summed E-state index contributed by atoms with van der Waals surface area (Å²) in [5.41, 5.74) is 2.80. The first-order valence-electron chi connectivity index (χ1n) is 5.82. The number of hydrogen-bond acceptors (Lipinski definition) is 2. The van der Waals surface area contributed by atoms with Crippen LogP contribution in [0.3, 0.4) is 0 Å². The van der Waals surface area contributed by atoms with Crippen LogP contribution in [-0.2, 0) is 22.4 Å². The van der Waals surface area contributed by atoms with E-state index in [1.165, 1.54) is 11.1 Å². The van der Waals surface area contributed by atoms with Gasteiger partial charge in [-0.1, -0.05) is 24.3 Å². The number of rotatable bonds is 2. The first-order valence-corrected chi connectivity index (χ1v) is 5.82. The molecule has 2 aliphatic rings. The van der Waals surface area contributed by atoms with E-state index >= 15 is 0 Å². The standard InChI is InChI=1S/C13H15NO2/c15-13(12-8-16-12)14-11-6-5-9-3-1-2-4-10(9)7-11/h1-4,11-12H,5-8H2,(H,14,15). The van der Waals surface area contributed by atoms with Gasteiger partial charge in [0.15, 0.2) is 6.10 Å². The fourth-order valence-corrected chi connectivity index (χ4v) is 2.31. The van der Waals surface area contributed by atoms with Crippen LogP contribution >= 0.6 is 0 Å². The molecule has 0 radical (unpaired) electrons. The van der Waals surface area contributed by atoms with Gasteiger partial charge in [0.25, 0.3) is 5.91 Å². The van der Waals surface area contributed by atoms with Crippen molar-refractivity contribution in [1.29, 1.82) is 0 Å². The van der Waals surface area contributed by atoms with Gasteiger partial charge in [-0.3, -0.25) is 4.79 Å². The number of fused-ring (bicyclic) bond motifs is 1. The zero-order valence-electron chi connectivity index (χ0n) is 9.11. The minimum Gasteiger partial charge on any atom is -0.363 e. The summed E-state index contributed by atoms with van der Waals surface area (Å²) in [6, 6.07) is 8.76. The predicted octanol–water partition coefficient (Wildman–Crippen LogP) is 1.06. The molecule has 1 saturated heterocycles. The van der Waals surface area contributed by atoms with Gasteiger partial charge in [-0.15, -0.1) is 0 Å². The molecule has 0 bridgehead atoms. The summed E-state index contributed by atoms with van der Waals surface area (Å²) in [4.78, 5) is 11.5. The van der Waals surface area contributed by atoms with Crippen LogP contribution in [0.25, 0.3) is 0 Å². The van der Waals surface area contributed by atoms with Gasteiger partial charge >= 0.3 is 0 Å². The van der Waals surface area contributed by atoms with Crippen molar-refractivity contribution >= 4 is 5.91 Å². The number of carbonyl (C=O) groups is 1. The Hall–Kier alpha value is -1.35. The lowest BCUT2D eigenvalue weighted by Crippen LogP contribution is -2.41. The van der Waals surface area contributed by atoms with Gasteiger partial charge in [0.1, 0.15) is 0 Å². The maximum Gasteiger partial charge on any atom is 0.251 e. The van der Waals surface area contributed by atoms with Gasteiger partial charge in [-0.25, -0.2) is 0 Å². The maximum absolute atomic E-state index is 11.5. The molecule has 16 heavy (non-hydrogen) atoms. The summed E-state index contributed by atoms with van der Waals surface area (Å²) in [6.07, 6.45) is 2.88. The zero-order chi connectivity index (χ0) is 11.0. The average molecular weight is 217 g/mol. The number of epoxide rings is 1. The first-order chi connectivity index (χ1) is 7.83. The van der Waals surface area contributed by atoms with E-state index < -0.39 is 0 Å². The number of aryl methyl sites for hydroxylation is 1. The fourth-order valence-electron chi connectivity index (χ4n) is 2.31. The second kappa shape index (κ2) is 3.91. The minimum absolute atomic E-state index is 0.0596. The Morgan fingerprint density at radius 2 is 2.06 bits per heavy atom. The third-order valence-corrected chi connectivity index (χ3v) is 3.32. The summed E-state index contributed by atoms with van der Waals surface area (Å²) in [5, 5.41) is 3.06. The van der Waals surface area contributed by atoms with Crippen molar-refractivity contribution in [2.45, 2.75) is 31.4 Å². The zero-order valence-corrected chi connectivity index (χ0v) is 9.11. The van der Waals surface area contributed by atoms with Crippen LogP contribution < -0.4 is 5.32 Å². The van der Waals surface area contributed by atoms with Crippen molar-refractivity contribution in [2.24, 2.45) is 0 Å². The van der Waals surface area contributed by atoms with Crippen molar-refractivity contribution in [3.05, 3.63) is 35.4 Å². The highest BCUT2D eigenvalue weighted by atomic mass is 16.6. The van der Waals surface area contributed by atoms with Gasteiger partial charge in [-0.05, 0) is 30.4 Å². The van der Waals surface area contributed by atoms with Gasteiger partial charge < -0.3 is 10.1 Å². The molecule has 2 atom stereocenters. The number of hydrogen-bond donors (Lipinski definition) is 1. The lowest BCUT2D eigenvalue weighted by Gasteiger charge is -2.25. The Bertz CT molecular complexity index is 412. The Balaban J connectivity index is 1.65. The molecule has 2 unspecified atom stereocenters. The number of ether oxygens (including phenoxy) is 1. The second-order valence-corrected chi connectivity index (χ2v) is 4.54. The van der Waals surface area contributed by atoms with E-state index in [0.29, 0.717) is 6.61 Å². The Kier molecular flexibility index (Phi) is 2.40. The number of nitrogens with one attached hydrogen (secondary N) is 1. The van der Waals surface area contributed by atoms with Gasteiger partial charge in [0, 0.05) is 6.04 Å². The van der Waals surface area contributed by atoms with Crippen molar-refractivity contribution in [3.63, 3.8) is 0 Å². The van der Waals surface area contributed by atoms with Crippen LogP contribution in [-0.4, -0.2) is 24.7 Å². The Morgan fingerprint density at radius 3 is 2.81 bits per heavy atom. The number of amides is 1. The first kappa shape index (κ1) is 9.85. The van der Waals surface area contributed by atoms with E-state index in [2.05, 4.69) is 29.6 Å². The molecule has 3 rings (SSSR count). The molecule has 1 aromatic carbocycles. The normalized spacial score (nSPS) is 27.0. The SMILES string of the molecule is O=C(NC1CCc2ccccc2C1)C1CO1. The van der Waals surface area contributed by atoms with Gasteiger partial charge in [-0.2, -0.15) is 0 Å². The highest BCUT2D eigenvalue weighted by Crippen LogP contribution is 2.21. The third kappa shape index (κ3) is 1.95. The third-order valence-electron chi connectivity index (χ3n) is 3.32. The van der Waals surface area contributed by atoms with E-state index in [4.69, 9.17) is 4.74 Å². The van der Waals surface area contributed by atoms with Crippen LogP contribution in [0.5, 0.6) is 0 Å². The number of benzene rings is 1. The molecule has 1 heterocycles. The molecule has 1 N–H and O–H groups in total. The quantitative estimate of drug-likeness (QED) is 0.753. The molecule has 1 amide bonds. The predicted molar refractivity (Wildman–Crippen MR) is 60.1 cm³/mol. The largest absolute Gasteiger partial charge is 0.363 e. The van der Waals surface area contributed by atoms with Gasteiger partial charge in [0.05, 0.1) is 6.61 Å². The molecule has 1 aliphatic heterocycles. The smallest absolute Gasteiger partial charge is 0.251 e. The van der Waals surface area contributed by atoms with Crippen molar-refractivity contribution in [2.75, 3.05) is 6.61 Å². The molecule has 1 aliphatic carbocycles. The van der Waals surface area contributed by atoms with E-state index in [0.717, 1.165) is 19.3 Å². The summed E-state index contributed by atoms with van der Waals surface area (Å²) in [7, 11) is 0. The maximum atomic E-state index is 11.5. The molecule has 1 fully saturated rings. The van der Waals surface area contributed by atoms with Crippen LogP contribution in [0.1, 0.15) is 17.5 Å². The van der Waals surface area contributed by atoms with Crippen molar-refractivity contribution < 1.29 is 9.53 Å². The molecule has 3 heteroatoms. The fraction of sp³-hybridized carbons (Fsp3) is 0.462. The van der Waals surface area contributed by atoms with E-state index in [1.807, 2.05) is 0 Å². The monoisotopic (exact) mass is 217 g/mol. The van der Waals surface area contributed by atoms with Gasteiger partial charge in [0.2, 0.25) is 0 Å². The second-order valence-electron chi connectivity index (χ2n) is 4.54. The van der Waals surface area contributed by atoms with E-state index in [1.54, 1.807) is 0 Å². The Morgan fingerprint density at radius 1 is 1.31 bits per heavy atom. The van der Waals surface area contributed by atoms with E-state index in [9.17, 15) is 4.79 Å². The average Bonchev–Trinajstić information content (AvgIpc) is 3.12. The molecular formula is C13H15NO2. The lowest BCUT2D eigenvalue weighted by atomic mass is 9.88. The Labute approximate surface area is 94.8 Å². The molecule has 84 valence electrons. The van der Waals surface area contributed by atoms with Crippen LogP contribution in [0, 0.1) is 0 Å². The number of carbonyl (C=O) groups excluding carboxylic acids is 1. The molecule has 0 saturated carbocycles. The minimum atomic E-state index is -0.169. The molecule has 0 spiro atoms. The van der Waals surface area contributed by atoms with Crippen LogP contribution in [0.4, 0.5) is 0 Å². The van der Waals surface area contributed by atoms with E-state index in [-0.39, 0.29) is 18.1 Å². The highest BCUT2D eigenvalue weighted by Gasteiger charge is 2.33. The van der Waals surface area contributed by atoms with Crippen LogP contribution in [0.15, 0.2) is 24.3 Å². The molecular weight excluding hydrogens is 202 g/mol. The van der Waals surface area contributed by atoms with Crippen LogP contribution in [0.2, 0.25) is 0 Å². The molecule has 0 aromatic heterocycles. The topological polar surface area (TPSA) is 41.6 Å². The van der Waals surface area contributed by atoms with Crippen molar-refractivity contribution in [3.8, 4) is 0 Å². The van der Waals surface area contributed by atoms with Crippen molar-refractivity contribution in [1.82, 2.24) is 5.32 Å². The summed E-state index contributed by atoms with van der Waals surface area (Å²) >= 11 is 0. The summed E-state index contributed by atoms with van der Waals surface area (Å²) < 4.78 is 4.97. The molecule has 3 nitrogen and oxygen atoms in total. The highest BCUT2D eigenvalue weighted by molar-refractivity contribution is 5.83. The summed E-state index contributed by atoms with van der Waals surface area (Å²) in [5.74, 6) is 0.0596. The molecule has 1 aromatic rings. The lowest BCUT2D eigenvalue weighted by molar-refractivity contribution is -0.123.